The molecule has 2 aromatic carbocycles. The van der Waals surface area contributed by atoms with E-state index in [1.54, 1.807) is 6.92 Å². The maximum absolute atomic E-state index is 13.5. The second kappa shape index (κ2) is 7.48. The van der Waals surface area contributed by atoms with Gasteiger partial charge in [-0.15, -0.1) is 0 Å². The molecule has 1 atom stereocenters. The van der Waals surface area contributed by atoms with Crippen LogP contribution in [0.15, 0.2) is 35.2 Å². The second-order valence-electron chi connectivity index (χ2n) is 7.20. The van der Waals surface area contributed by atoms with E-state index >= 15 is 0 Å². The molecule has 0 radical (unpaired) electrons. The van der Waals surface area contributed by atoms with Crippen LogP contribution in [0.25, 0.3) is 0 Å². The molecule has 0 aliphatic heterocycles. The van der Waals surface area contributed by atoms with Crippen molar-refractivity contribution >= 4 is 10.0 Å². The van der Waals surface area contributed by atoms with Crippen molar-refractivity contribution in [2.75, 3.05) is 0 Å². The molecule has 0 saturated heterocycles. The lowest BCUT2D eigenvalue weighted by Gasteiger charge is -2.22. The van der Waals surface area contributed by atoms with Crippen LogP contribution in [0, 0.1) is 41.5 Å². The van der Waals surface area contributed by atoms with Crippen LogP contribution in [0.2, 0.25) is 0 Å². The van der Waals surface area contributed by atoms with Gasteiger partial charge in [-0.1, -0.05) is 30.3 Å². The maximum atomic E-state index is 13.5. The predicted molar refractivity (Wildman–Crippen MR) is 110 cm³/mol. The quantitative estimate of drug-likeness (QED) is 0.686. The van der Waals surface area contributed by atoms with E-state index in [4.69, 9.17) is 0 Å². The Balaban J connectivity index is 2.14. The lowest BCUT2D eigenvalue weighted by atomic mass is 9.95. The van der Waals surface area contributed by atoms with Gasteiger partial charge in [0.05, 0.1) is 4.90 Å². The van der Waals surface area contributed by atoms with Crippen molar-refractivity contribution in [1.82, 2.24) is 19.9 Å². The third-order valence-corrected chi connectivity index (χ3v) is 7.17. The number of benzene rings is 2. The summed E-state index contributed by atoms with van der Waals surface area (Å²) >= 11 is 0. The van der Waals surface area contributed by atoms with E-state index in [0.717, 1.165) is 33.4 Å². The van der Waals surface area contributed by atoms with Crippen molar-refractivity contribution in [3.8, 4) is 0 Å². The fraction of sp³-hybridized carbons (Fsp3) is 0.333. The van der Waals surface area contributed by atoms with E-state index in [-0.39, 0.29) is 0 Å². The average Bonchev–Trinajstić information content (AvgIpc) is 3.09. The molecule has 1 heterocycles. The summed E-state index contributed by atoms with van der Waals surface area (Å²) in [5.74, 6) is 1.02. The first-order valence-corrected chi connectivity index (χ1v) is 10.6. The Morgan fingerprint density at radius 1 is 0.857 bits per heavy atom. The highest BCUT2D eigenvalue weighted by atomic mass is 32.2. The molecule has 7 heteroatoms. The van der Waals surface area contributed by atoms with Gasteiger partial charge >= 0.3 is 0 Å². The molecule has 0 aliphatic carbocycles. The number of nitrogens with zero attached hydrogens (tertiary/aromatic N) is 2. The summed E-state index contributed by atoms with van der Waals surface area (Å²) in [7, 11) is -3.81. The molecule has 0 fully saturated rings. The molecule has 6 nitrogen and oxygen atoms in total. The highest BCUT2D eigenvalue weighted by Crippen LogP contribution is 2.31. The van der Waals surface area contributed by atoms with Crippen molar-refractivity contribution in [2.45, 2.75) is 52.5 Å². The van der Waals surface area contributed by atoms with E-state index in [1.165, 1.54) is 0 Å². The highest BCUT2D eigenvalue weighted by Gasteiger charge is 2.29. The van der Waals surface area contributed by atoms with Crippen LogP contribution in [-0.2, 0) is 10.0 Å². The Labute approximate surface area is 166 Å². The molecule has 0 saturated carbocycles. The number of sulfonamides is 1. The molecular formula is C21H26N4O2S. The molecule has 28 heavy (non-hydrogen) atoms. The predicted octanol–water partition coefficient (Wildman–Crippen LogP) is 3.72. The molecular weight excluding hydrogens is 372 g/mol. The lowest BCUT2D eigenvalue weighted by molar-refractivity contribution is 0.566. The SMILES string of the molecule is Cc1nc(C(NS(=O)(=O)c2c(C)c(C)c(C)c(C)c2C)c2ccccc2)n[nH]1. The van der Waals surface area contributed by atoms with Gasteiger partial charge in [-0.05, 0) is 74.9 Å². The van der Waals surface area contributed by atoms with Crippen LogP contribution >= 0.6 is 0 Å². The van der Waals surface area contributed by atoms with Gasteiger partial charge in [-0.2, -0.15) is 9.82 Å². The molecule has 0 aliphatic rings. The molecule has 0 bridgehead atoms. The van der Waals surface area contributed by atoms with Gasteiger partial charge in [0.15, 0.2) is 5.82 Å². The fourth-order valence-electron chi connectivity index (χ4n) is 3.49. The van der Waals surface area contributed by atoms with Gasteiger partial charge in [0.1, 0.15) is 11.9 Å². The Kier molecular flexibility index (Phi) is 5.41. The smallest absolute Gasteiger partial charge is 0.242 e. The number of aromatic nitrogens is 3. The summed E-state index contributed by atoms with van der Waals surface area (Å²) in [5, 5.41) is 7.00. The molecule has 3 rings (SSSR count). The van der Waals surface area contributed by atoms with Crippen LogP contribution in [0.3, 0.4) is 0 Å². The summed E-state index contributed by atoms with van der Waals surface area (Å²) < 4.78 is 29.8. The van der Waals surface area contributed by atoms with Gasteiger partial charge in [-0.3, -0.25) is 5.10 Å². The van der Waals surface area contributed by atoms with E-state index < -0.39 is 16.1 Å². The van der Waals surface area contributed by atoms with Crippen molar-refractivity contribution in [3.05, 3.63) is 75.4 Å². The zero-order valence-corrected chi connectivity index (χ0v) is 17.9. The van der Waals surface area contributed by atoms with Gasteiger partial charge in [0, 0.05) is 0 Å². The average molecular weight is 399 g/mol. The molecule has 3 aromatic rings. The summed E-state index contributed by atoms with van der Waals surface area (Å²) in [6.07, 6.45) is 0. The standard InChI is InChI=1S/C21H26N4O2S/c1-12-13(2)15(4)20(16(5)14(12)3)28(26,27)25-19(18-10-8-7-9-11-18)21-22-17(6)23-24-21/h7-11,19,25H,1-6H3,(H,22,23,24). The molecule has 0 spiro atoms. The number of aryl methyl sites for hydroxylation is 1. The number of aromatic amines is 1. The largest absolute Gasteiger partial charge is 0.263 e. The number of H-pyrrole nitrogens is 1. The zero-order valence-electron chi connectivity index (χ0n) is 17.1. The summed E-state index contributed by atoms with van der Waals surface area (Å²) in [6.45, 7) is 11.5. The number of hydrogen-bond donors (Lipinski definition) is 2. The first-order chi connectivity index (χ1) is 13.1. The number of nitrogens with one attached hydrogen (secondary N) is 2. The number of hydrogen-bond acceptors (Lipinski definition) is 4. The van der Waals surface area contributed by atoms with Crippen molar-refractivity contribution in [3.63, 3.8) is 0 Å². The highest BCUT2D eigenvalue weighted by molar-refractivity contribution is 7.89. The third-order valence-electron chi connectivity index (χ3n) is 5.48. The lowest BCUT2D eigenvalue weighted by Crippen LogP contribution is -2.31. The Morgan fingerprint density at radius 3 is 1.89 bits per heavy atom. The van der Waals surface area contributed by atoms with Crippen LogP contribution < -0.4 is 4.72 Å². The van der Waals surface area contributed by atoms with Crippen LogP contribution in [0.1, 0.15) is 51.1 Å². The Hall–Kier alpha value is -2.51. The molecule has 1 unspecified atom stereocenters. The number of rotatable bonds is 5. The van der Waals surface area contributed by atoms with Crippen LogP contribution in [0.5, 0.6) is 0 Å². The summed E-state index contributed by atoms with van der Waals surface area (Å²) in [4.78, 5) is 4.70. The zero-order chi connectivity index (χ0) is 20.6. The minimum atomic E-state index is -3.81. The van der Waals surface area contributed by atoms with E-state index in [2.05, 4.69) is 19.9 Å². The van der Waals surface area contributed by atoms with Crippen molar-refractivity contribution in [1.29, 1.82) is 0 Å². The summed E-state index contributed by atoms with van der Waals surface area (Å²) in [5.41, 5.74) is 5.43. The molecule has 0 amide bonds. The normalized spacial score (nSPS) is 12.9. The Morgan fingerprint density at radius 2 is 1.39 bits per heavy atom. The first kappa shape index (κ1) is 20.2. The minimum absolute atomic E-state index is 0.335. The Bertz CT molecular complexity index is 1090. The first-order valence-electron chi connectivity index (χ1n) is 9.16. The van der Waals surface area contributed by atoms with Crippen LogP contribution in [0.4, 0.5) is 0 Å². The van der Waals surface area contributed by atoms with E-state index in [0.29, 0.717) is 16.5 Å². The van der Waals surface area contributed by atoms with Gasteiger partial charge in [-0.25, -0.2) is 13.4 Å². The van der Waals surface area contributed by atoms with Gasteiger partial charge < -0.3 is 0 Å². The molecule has 2 N–H and O–H groups in total. The molecule has 1 aromatic heterocycles. The monoisotopic (exact) mass is 398 g/mol. The van der Waals surface area contributed by atoms with Crippen molar-refractivity contribution < 1.29 is 8.42 Å². The van der Waals surface area contributed by atoms with E-state index in [9.17, 15) is 8.42 Å². The third kappa shape index (κ3) is 3.59. The van der Waals surface area contributed by atoms with Gasteiger partial charge in [0.25, 0.3) is 0 Å². The second-order valence-corrected chi connectivity index (χ2v) is 8.85. The van der Waals surface area contributed by atoms with E-state index in [1.807, 2.05) is 65.0 Å². The molecule has 148 valence electrons. The topological polar surface area (TPSA) is 87.7 Å². The maximum Gasteiger partial charge on any atom is 0.242 e. The summed E-state index contributed by atoms with van der Waals surface area (Å²) in [6, 6.07) is 8.67. The fourth-order valence-corrected chi connectivity index (χ4v) is 5.27. The van der Waals surface area contributed by atoms with Crippen molar-refractivity contribution in [2.24, 2.45) is 0 Å². The van der Waals surface area contributed by atoms with Gasteiger partial charge in [0.2, 0.25) is 10.0 Å². The minimum Gasteiger partial charge on any atom is -0.263 e. The van der Waals surface area contributed by atoms with Crippen LogP contribution in [-0.4, -0.2) is 23.6 Å².